The van der Waals surface area contributed by atoms with Gasteiger partial charge in [-0.3, -0.25) is 0 Å². The molecule has 0 saturated heterocycles. The van der Waals surface area contributed by atoms with E-state index in [4.69, 9.17) is 9.47 Å². The fraction of sp³-hybridized carbons (Fsp3) is 0.0500. The Morgan fingerprint density at radius 1 is 0.833 bits per heavy atom. The maximum absolute atomic E-state index is 12.1. The Labute approximate surface area is 149 Å². The Hall–Kier alpha value is -2.59. The fourth-order valence-electron chi connectivity index (χ4n) is 2.24. The fourth-order valence-corrected chi connectivity index (χ4v) is 2.50. The van der Waals surface area contributed by atoms with E-state index in [1.807, 2.05) is 60.7 Å². The third-order valence-corrected chi connectivity index (χ3v) is 3.89. The van der Waals surface area contributed by atoms with Gasteiger partial charge in [-0.15, -0.1) is 0 Å². The number of halogens is 1. The van der Waals surface area contributed by atoms with Gasteiger partial charge in [-0.2, -0.15) is 0 Å². The number of esters is 1. The number of benzene rings is 3. The van der Waals surface area contributed by atoms with Crippen LogP contribution in [0.15, 0.2) is 83.3 Å². The predicted molar refractivity (Wildman–Crippen MR) is 97.2 cm³/mol. The molecule has 120 valence electrons. The molecule has 0 aliphatic rings. The summed E-state index contributed by atoms with van der Waals surface area (Å²) in [5, 5.41) is 0. The van der Waals surface area contributed by atoms with Gasteiger partial charge >= 0.3 is 5.97 Å². The average Bonchev–Trinajstić information content (AvgIpc) is 2.62. The highest BCUT2D eigenvalue weighted by Crippen LogP contribution is 2.29. The molecule has 0 fully saturated rings. The molecule has 0 bridgehead atoms. The van der Waals surface area contributed by atoms with Gasteiger partial charge < -0.3 is 9.47 Å². The molecule has 0 saturated carbocycles. The van der Waals surface area contributed by atoms with Crippen molar-refractivity contribution in [2.24, 2.45) is 0 Å². The van der Waals surface area contributed by atoms with Crippen molar-refractivity contribution in [3.8, 4) is 22.6 Å². The van der Waals surface area contributed by atoms with E-state index in [1.165, 1.54) is 0 Å². The standard InChI is InChI=1S/C20H15BrO3/c21-16-10-12-17(13-11-16)23-14-20(22)24-19-9-5-4-8-18(19)15-6-2-1-3-7-15/h1-13H,14H2. The minimum absolute atomic E-state index is 0.148. The molecule has 0 aromatic heterocycles. The van der Waals surface area contributed by atoms with Gasteiger partial charge in [-0.05, 0) is 35.9 Å². The van der Waals surface area contributed by atoms with Gasteiger partial charge in [0.15, 0.2) is 6.61 Å². The van der Waals surface area contributed by atoms with Crippen LogP contribution in [0.5, 0.6) is 11.5 Å². The first kappa shape index (κ1) is 16.3. The van der Waals surface area contributed by atoms with Crippen molar-refractivity contribution in [3.05, 3.63) is 83.3 Å². The summed E-state index contributed by atoms with van der Waals surface area (Å²) in [7, 11) is 0. The molecule has 4 heteroatoms. The van der Waals surface area contributed by atoms with Gasteiger partial charge in [0.1, 0.15) is 11.5 Å². The van der Waals surface area contributed by atoms with Crippen molar-refractivity contribution in [1.29, 1.82) is 0 Å². The molecule has 0 amide bonds. The molecule has 24 heavy (non-hydrogen) atoms. The van der Waals surface area contributed by atoms with Crippen molar-refractivity contribution in [2.45, 2.75) is 0 Å². The lowest BCUT2D eigenvalue weighted by Gasteiger charge is -2.11. The van der Waals surface area contributed by atoms with Gasteiger partial charge in [-0.25, -0.2) is 4.79 Å². The van der Waals surface area contributed by atoms with Crippen molar-refractivity contribution in [3.63, 3.8) is 0 Å². The van der Waals surface area contributed by atoms with Crippen LogP contribution < -0.4 is 9.47 Å². The molecule has 0 heterocycles. The number of ether oxygens (including phenoxy) is 2. The first-order chi connectivity index (χ1) is 11.7. The largest absolute Gasteiger partial charge is 0.482 e. The number of hydrogen-bond acceptors (Lipinski definition) is 3. The molecule has 0 radical (unpaired) electrons. The molecule has 0 spiro atoms. The number of rotatable bonds is 5. The number of hydrogen-bond donors (Lipinski definition) is 0. The second kappa shape index (κ2) is 7.79. The van der Waals surface area contributed by atoms with E-state index in [9.17, 15) is 4.79 Å². The number of para-hydroxylation sites is 1. The third-order valence-electron chi connectivity index (χ3n) is 3.37. The van der Waals surface area contributed by atoms with Crippen LogP contribution in [-0.4, -0.2) is 12.6 Å². The molecule has 0 unspecified atom stereocenters. The monoisotopic (exact) mass is 382 g/mol. The summed E-state index contributed by atoms with van der Waals surface area (Å²) in [5.74, 6) is 0.695. The lowest BCUT2D eigenvalue weighted by atomic mass is 10.1. The molecule has 0 N–H and O–H groups in total. The summed E-state index contributed by atoms with van der Waals surface area (Å²) in [4.78, 5) is 12.1. The number of carbonyl (C=O) groups excluding carboxylic acids is 1. The van der Waals surface area contributed by atoms with E-state index < -0.39 is 5.97 Å². The van der Waals surface area contributed by atoms with Gasteiger partial charge in [0.05, 0.1) is 0 Å². The molecule has 0 aliphatic carbocycles. The zero-order valence-corrected chi connectivity index (χ0v) is 14.4. The molecule has 0 atom stereocenters. The topological polar surface area (TPSA) is 35.5 Å². The van der Waals surface area contributed by atoms with Crippen LogP contribution in [0.25, 0.3) is 11.1 Å². The van der Waals surface area contributed by atoms with E-state index in [1.54, 1.807) is 18.2 Å². The normalized spacial score (nSPS) is 10.2. The van der Waals surface area contributed by atoms with Gasteiger partial charge in [0, 0.05) is 10.0 Å². The predicted octanol–water partition coefficient (Wildman–Crippen LogP) is 5.10. The van der Waals surface area contributed by atoms with E-state index in [-0.39, 0.29) is 6.61 Å². The Morgan fingerprint density at radius 3 is 2.25 bits per heavy atom. The van der Waals surface area contributed by atoms with Crippen LogP contribution >= 0.6 is 15.9 Å². The lowest BCUT2D eigenvalue weighted by Crippen LogP contribution is -2.18. The molecule has 3 aromatic rings. The van der Waals surface area contributed by atoms with Crippen molar-refractivity contribution < 1.29 is 14.3 Å². The highest BCUT2D eigenvalue weighted by atomic mass is 79.9. The molecule has 3 rings (SSSR count). The first-order valence-electron chi connectivity index (χ1n) is 7.46. The second-order valence-electron chi connectivity index (χ2n) is 5.08. The van der Waals surface area contributed by atoms with E-state index in [0.717, 1.165) is 15.6 Å². The summed E-state index contributed by atoms with van der Waals surface area (Å²) in [6.45, 7) is -0.148. The highest BCUT2D eigenvalue weighted by Gasteiger charge is 2.11. The minimum Gasteiger partial charge on any atom is -0.482 e. The summed E-state index contributed by atoms with van der Waals surface area (Å²) in [6.07, 6.45) is 0. The summed E-state index contributed by atoms with van der Waals surface area (Å²) >= 11 is 3.35. The Kier molecular flexibility index (Phi) is 5.29. The minimum atomic E-state index is -0.443. The maximum Gasteiger partial charge on any atom is 0.349 e. The Balaban J connectivity index is 1.67. The third kappa shape index (κ3) is 4.24. The highest BCUT2D eigenvalue weighted by molar-refractivity contribution is 9.10. The van der Waals surface area contributed by atoms with Crippen LogP contribution in [0.2, 0.25) is 0 Å². The van der Waals surface area contributed by atoms with Crippen LogP contribution in [-0.2, 0) is 4.79 Å². The Morgan fingerprint density at radius 2 is 1.50 bits per heavy atom. The summed E-state index contributed by atoms with van der Waals surface area (Å²) in [5.41, 5.74) is 1.87. The van der Waals surface area contributed by atoms with Crippen LogP contribution in [0.3, 0.4) is 0 Å². The van der Waals surface area contributed by atoms with Crippen molar-refractivity contribution in [2.75, 3.05) is 6.61 Å². The second-order valence-corrected chi connectivity index (χ2v) is 5.99. The molecule has 0 aliphatic heterocycles. The average molecular weight is 383 g/mol. The SMILES string of the molecule is O=C(COc1ccc(Br)cc1)Oc1ccccc1-c1ccccc1. The van der Waals surface area contributed by atoms with E-state index >= 15 is 0 Å². The first-order valence-corrected chi connectivity index (χ1v) is 8.25. The van der Waals surface area contributed by atoms with Gasteiger partial charge in [0.2, 0.25) is 0 Å². The zero-order valence-electron chi connectivity index (χ0n) is 12.8. The zero-order chi connectivity index (χ0) is 16.8. The quantitative estimate of drug-likeness (QED) is 0.454. The van der Waals surface area contributed by atoms with Crippen LogP contribution in [0.4, 0.5) is 0 Å². The smallest absolute Gasteiger partial charge is 0.349 e. The number of carbonyl (C=O) groups is 1. The molecule has 3 nitrogen and oxygen atoms in total. The van der Waals surface area contributed by atoms with Gasteiger partial charge in [0.25, 0.3) is 0 Å². The van der Waals surface area contributed by atoms with Crippen molar-refractivity contribution in [1.82, 2.24) is 0 Å². The van der Waals surface area contributed by atoms with E-state index in [0.29, 0.717) is 11.5 Å². The van der Waals surface area contributed by atoms with Crippen molar-refractivity contribution >= 4 is 21.9 Å². The molecule has 3 aromatic carbocycles. The van der Waals surface area contributed by atoms with E-state index in [2.05, 4.69) is 15.9 Å². The Bertz CT molecular complexity index is 814. The summed E-state index contributed by atoms with van der Waals surface area (Å²) in [6, 6.07) is 24.5. The van der Waals surface area contributed by atoms with Crippen LogP contribution in [0, 0.1) is 0 Å². The maximum atomic E-state index is 12.1. The molecular formula is C20H15BrO3. The van der Waals surface area contributed by atoms with Crippen LogP contribution in [0.1, 0.15) is 0 Å². The summed E-state index contributed by atoms with van der Waals surface area (Å²) < 4.78 is 11.9. The van der Waals surface area contributed by atoms with Gasteiger partial charge in [-0.1, -0.05) is 64.5 Å². The molecular weight excluding hydrogens is 368 g/mol. The lowest BCUT2D eigenvalue weighted by molar-refractivity contribution is -0.136.